The highest BCUT2D eigenvalue weighted by molar-refractivity contribution is 6.30. The summed E-state index contributed by atoms with van der Waals surface area (Å²) in [6.45, 7) is 3.47. The Morgan fingerprint density at radius 3 is 2.73 bits per heavy atom. The summed E-state index contributed by atoms with van der Waals surface area (Å²) in [5.74, 6) is -2.10. The third-order valence-electron chi connectivity index (χ3n) is 7.77. The number of nitrogens with one attached hydrogen (secondary N) is 3. The molecule has 0 fully saturated rings. The molecule has 0 saturated carbocycles. The molecule has 0 saturated heterocycles. The number of benzene rings is 2. The number of hydrogen-bond acceptors (Lipinski definition) is 6. The minimum Gasteiger partial charge on any atom is -0.469 e. The van der Waals surface area contributed by atoms with Crippen LogP contribution in [0.5, 0.6) is 0 Å². The largest absolute Gasteiger partial charge is 0.469 e. The predicted molar refractivity (Wildman–Crippen MR) is 163 cm³/mol. The zero-order chi connectivity index (χ0) is 31.5. The first-order valence-corrected chi connectivity index (χ1v) is 14.5. The molecule has 228 valence electrons. The summed E-state index contributed by atoms with van der Waals surface area (Å²) in [5.41, 5.74) is 3.03. The van der Waals surface area contributed by atoms with Gasteiger partial charge < -0.3 is 20.4 Å². The summed E-state index contributed by atoms with van der Waals surface area (Å²) >= 11 is 5.95. The molecule has 10 nitrogen and oxygen atoms in total. The van der Waals surface area contributed by atoms with Crippen LogP contribution in [0.2, 0.25) is 5.02 Å². The van der Waals surface area contributed by atoms with Gasteiger partial charge in [-0.15, -0.1) is 0 Å². The van der Waals surface area contributed by atoms with Crippen molar-refractivity contribution in [2.24, 2.45) is 5.92 Å². The highest BCUT2D eigenvalue weighted by Gasteiger charge is 2.25. The van der Waals surface area contributed by atoms with Gasteiger partial charge in [-0.3, -0.25) is 19.2 Å². The van der Waals surface area contributed by atoms with E-state index in [4.69, 9.17) is 16.3 Å². The number of pyridine rings is 1. The summed E-state index contributed by atoms with van der Waals surface area (Å²) in [7, 11) is 1.30. The van der Waals surface area contributed by atoms with Gasteiger partial charge in [0, 0.05) is 28.9 Å². The molecule has 2 bridgehead atoms. The van der Waals surface area contributed by atoms with Gasteiger partial charge in [0.05, 0.1) is 42.0 Å². The van der Waals surface area contributed by atoms with E-state index in [2.05, 4.69) is 20.7 Å². The lowest BCUT2D eigenvalue weighted by molar-refractivity contribution is -0.139. The smallest absolute Gasteiger partial charge is 0.309 e. The molecule has 12 heteroatoms. The Hall–Kier alpha value is -4.77. The minimum atomic E-state index is -0.656. The Kier molecular flexibility index (Phi) is 8.96. The van der Waals surface area contributed by atoms with Gasteiger partial charge >= 0.3 is 5.97 Å². The summed E-state index contributed by atoms with van der Waals surface area (Å²) in [4.78, 5) is 54.4. The lowest BCUT2D eigenvalue weighted by Gasteiger charge is -2.23. The lowest BCUT2D eigenvalue weighted by Crippen LogP contribution is -2.31. The second-order valence-corrected chi connectivity index (χ2v) is 11.2. The van der Waals surface area contributed by atoms with Crippen LogP contribution < -0.4 is 16.2 Å². The van der Waals surface area contributed by atoms with E-state index in [0.717, 1.165) is 0 Å². The number of fused-ring (bicyclic) bond motifs is 4. The van der Waals surface area contributed by atoms with Gasteiger partial charge in [-0.2, -0.15) is 5.10 Å². The summed E-state index contributed by atoms with van der Waals surface area (Å²) < 4.78 is 20.8. The first-order chi connectivity index (χ1) is 21.0. The van der Waals surface area contributed by atoms with Crippen molar-refractivity contribution in [3.05, 3.63) is 98.4 Å². The number of H-pyrrole nitrogens is 1. The van der Waals surface area contributed by atoms with E-state index in [-0.39, 0.29) is 34.5 Å². The standard InChI is InChI=1S/C32H31ClFN5O5/c1-17-6-4-8-24(37-32(43)22-16-35-39(18(22)2)27-9-5-7-23(33)30(27)34)26-14-20(15-28(40)36-26)21-11-10-19(13-29(41)44-3)12-25(21)38-31(17)42/h5,7,9-12,14-17,24H,4,6,8,13H2,1-3H3,(H,36,40)(H,37,43)(H,38,42)/t17-,24+/m1/s1. The van der Waals surface area contributed by atoms with Crippen LogP contribution in [-0.4, -0.2) is 39.7 Å². The molecule has 0 spiro atoms. The summed E-state index contributed by atoms with van der Waals surface area (Å²) in [5, 5.41) is 10.1. The quantitative estimate of drug-likeness (QED) is 0.260. The van der Waals surface area contributed by atoms with Crippen LogP contribution in [0.15, 0.2) is 59.5 Å². The number of carbonyl (C=O) groups excluding carboxylic acids is 3. The third kappa shape index (κ3) is 6.42. The number of amides is 2. The lowest BCUT2D eigenvalue weighted by atomic mass is 9.94. The number of aromatic amines is 1. The van der Waals surface area contributed by atoms with Gasteiger partial charge in [-0.25, -0.2) is 9.07 Å². The Bertz CT molecular complexity index is 1820. The van der Waals surface area contributed by atoms with E-state index >= 15 is 0 Å². The Labute approximate surface area is 257 Å². The van der Waals surface area contributed by atoms with Crippen LogP contribution in [0.25, 0.3) is 16.8 Å². The molecular weight excluding hydrogens is 589 g/mol. The maximum Gasteiger partial charge on any atom is 0.309 e. The van der Waals surface area contributed by atoms with Gasteiger partial charge in [0.25, 0.3) is 5.91 Å². The third-order valence-corrected chi connectivity index (χ3v) is 8.06. The number of rotatable bonds is 5. The van der Waals surface area contributed by atoms with E-state index in [1.54, 1.807) is 37.3 Å². The van der Waals surface area contributed by atoms with E-state index < -0.39 is 29.3 Å². The van der Waals surface area contributed by atoms with Crippen LogP contribution in [0.4, 0.5) is 10.1 Å². The van der Waals surface area contributed by atoms with Crippen molar-refractivity contribution in [3.63, 3.8) is 0 Å². The average molecular weight is 620 g/mol. The van der Waals surface area contributed by atoms with Gasteiger partial charge in [0.2, 0.25) is 11.5 Å². The average Bonchev–Trinajstić information content (AvgIpc) is 3.38. The molecule has 44 heavy (non-hydrogen) atoms. The van der Waals surface area contributed by atoms with E-state index in [1.807, 2.05) is 6.92 Å². The number of nitrogens with zero attached hydrogens (tertiary/aromatic N) is 2. The van der Waals surface area contributed by atoms with Gasteiger partial charge in [0.15, 0.2) is 5.82 Å². The fourth-order valence-corrected chi connectivity index (χ4v) is 5.46. The van der Waals surface area contributed by atoms with Gasteiger partial charge in [0.1, 0.15) is 5.69 Å². The van der Waals surface area contributed by atoms with Gasteiger partial charge in [-0.05, 0) is 55.2 Å². The van der Waals surface area contributed by atoms with E-state index in [9.17, 15) is 23.6 Å². The van der Waals surface area contributed by atoms with E-state index in [0.29, 0.717) is 53.0 Å². The molecule has 2 aromatic carbocycles. The maximum absolute atomic E-state index is 14.7. The second-order valence-electron chi connectivity index (χ2n) is 10.8. The predicted octanol–water partition coefficient (Wildman–Crippen LogP) is 5.27. The van der Waals surface area contributed by atoms with E-state index in [1.165, 1.54) is 36.2 Å². The Morgan fingerprint density at radius 1 is 1.16 bits per heavy atom. The highest BCUT2D eigenvalue weighted by atomic mass is 35.5. The number of halogens is 2. The molecule has 4 aromatic rings. The van der Waals surface area contributed by atoms with Crippen molar-refractivity contribution in [3.8, 4) is 16.8 Å². The number of anilines is 1. The number of aromatic nitrogens is 3. The molecule has 2 atom stereocenters. The highest BCUT2D eigenvalue weighted by Crippen LogP contribution is 2.32. The second kappa shape index (κ2) is 12.8. The van der Waals surface area contributed by atoms with Crippen LogP contribution in [0.1, 0.15) is 59.5 Å². The van der Waals surface area contributed by atoms with Crippen LogP contribution in [0.3, 0.4) is 0 Å². The molecule has 1 aliphatic heterocycles. The normalized spacial score (nSPS) is 16.6. The Morgan fingerprint density at radius 2 is 1.95 bits per heavy atom. The number of esters is 1. The minimum absolute atomic E-state index is 0.0177. The summed E-state index contributed by atoms with van der Waals surface area (Å²) in [6, 6.07) is 12.3. The number of carbonyl (C=O) groups is 3. The van der Waals surface area contributed by atoms with Crippen molar-refractivity contribution in [1.82, 2.24) is 20.1 Å². The van der Waals surface area contributed by atoms with Crippen molar-refractivity contribution < 1.29 is 23.5 Å². The van der Waals surface area contributed by atoms with Crippen LogP contribution in [-0.2, 0) is 20.7 Å². The first-order valence-electron chi connectivity index (χ1n) is 14.1. The van der Waals surface area contributed by atoms with Crippen molar-refractivity contribution in [2.75, 3.05) is 12.4 Å². The number of ether oxygens (including phenoxy) is 1. The molecule has 0 radical (unpaired) electrons. The summed E-state index contributed by atoms with van der Waals surface area (Å²) in [6.07, 6.45) is 2.89. The molecular formula is C32H31ClFN5O5. The van der Waals surface area contributed by atoms with Crippen LogP contribution >= 0.6 is 11.6 Å². The zero-order valence-electron chi connectivity index (χ0n) is 24.4. The van der Waals surface area contributed by atoms with Crippen molar-refractivity contribution in [2.45, 2.75) is 45.6 Å². The molecule has 0 aliphatic carbocycles. The molecule has 2 aromatic heterocycles. The number of hydrogen-bond donors (Lipinski definition) is 3. The topological polar surface area (TPSA) is 135 Å². The van der Waals surface area contributed by atoms with Gasteiger partial charge in [-0.1, -0.05) is 43.1 Å². The molecule has 0 unspecified atom stereocenters. The molecule has 5 rings (SSSR count). The fourth-order valence-electron chi connectivity index (χ4n) is 5.29. The molecule has 1 aliphatic rings. The fraction of sp³-hybridized carbons (Fsp3) is 0.281. The molecule has 3 N–H and O–H groups in total. The molecule has 3 heterocycles. The Balaban J connectivity index is 1.52. The molecule has 2 amide bonds. The number of methoxy groups -OCH3 is 1. The van der Waals surface area contributed by atoms with Crippen LogP contribution in [0, 0.1) is 18.7 Å². The first kappa shape index (κ1) is 30.7. The monoisotopic (exact) mass is 619 g/mol. The van der Waals surface area contributed by atoms with Crippen molar-refractivity contribution >= 4 is 35.1 Å². The SMILES string of the molecule is COC(=O)Cc1ccc2c(c1)NC(=O)[C@H](C)CCC[C@H](NC(=O)c1cnn(-c3cccc(Cl)c3F)c1C)c1cc-2cc(=O)[nH]1. The zero-order valence-corrected chi connectivity index (χ0v) is 25.1. The maximum atomic E-state index is 14.7. The van der Waals surface area contributed by atoms with Crippen molar-refractivity contribution in [1.29, 1.82) is 0 Å².